The molecule has 1 heterocycles. The van der Waals surface area contributed by atoms with E-state index in [2.05, 4.69) is 5.32 Å². The van der Waals surface area contributed by atoms with Crippen molar-refractivity contribution < 1.29 is 14.0 Å². The Bertz CT molecular complexity index is 875. The summed E-state index contributed by atoms with van der Waals surface area (Å²) in [5.74, 6) is -1.03. The van der Waals surface area contributed by atoms with Gasteiger partial charge in [-0.15, -0.1) is 0 Å². The van der Waals surface area contributed by atoms with Crippen molar-refractivity contribution in [3.63, 3.8) is 0 Å². The summed E-state index contributed by atoms with van der Waals surface area (Å²) in [5.41, 5.74) is 1.33. The Balaban J connectivity index is 1.89. The van der Waals surface area contributed by atoms with Crippen LogP contribution in [0.2, 0.25) is 5.02 Å². The molecule has 0 saturated heterocycles. The second-order valence-corrected chi connectivity index (χ2v) is 8.18. The quantitative estimate of drug-likeness (QED) is 0.856. The monoisotopic (exact) mass is 388 g/mol. The highest BCUT2D eigenvalue weighted by Gasteiger charge is 2.41. The number of benzene rings is 2. The molecule has 1 aliphatic rings. The lowest BCUT2D eigenvalue weighted by Crippen LogP contribution is -2.47. The van der Waals surface area contributed by atoms with Crippen LogP contribution in [0.4, 0.5) is 4.39 Å². The summed E-state index contributed by atoms with van der Waals surface area (Å²) in [7, 11) is 0. The fourth-order valence-electron chi connectivity index (χ4n) is 3.25. The van der Waals surface area contributed by atoms with Crippen LogP contribution in [0.1, 0.15) is 48.3 Å². The highest BCUT2D eigenvalue weighted by molar-refractivity contribution is 6.30. The molecule has 0 spiro atoms. The minimum absolute atomic E-state index is 0.256. The van der Waals surface area contributed by atoms with E-state index < -0.39 is 17.4 Å². The number of nitrogens with zero attached hydrogens (tertiary/aromatic N) is 1. The van der Waals surface area contributed by atoms with Gasteiger partial charge in [0.05, 0.1) is 0 Å². The zero-order valence-electron chi connectivity index (χ0n) is 15.6. The van der Waals surface area contributed by atoms with Crippen LogP contribution in [0.25, 0.3) is 0 Å². The minimum atomic E-state index is -0.838. The molecule has 1 unspecified atom stereocenters. The van der Waals surface area contributed by atoms with E-state index in [0.717, 1.165) is 5.56 Å². The normalized spacial score (nSPS) is 16.4. The Labute approximate surface area is 163 Å². The Kier molecular flexibility index (Phi) is 5.24. The lowest BCUT2D eigenvalue weighted by molar-refractivity contribution is -0.127. The summed E-state index contributed by atoms with van der Waals surface area (Å²) >= 11 is 5.91. The smallest absolute Gasteiger partial charge is 0.255 e. The number of nitrogens with one attached hydrogen (secondary N) is 1. The third-order valence-corrected chi connectivity index (χ3v) is 4.66. The molecular formula is C21H22ClFN2O2. The van der Waals surface area contributed by atoms with E-state index in [1.165, 1.54) is 23.1 Å². The number of hydrogen-bond donors (Lipinski definition) is 1. The van der Waals surface area contributed by atoms with E-state index in [1.807, 2.05) is 32.9 Å². The number of hydrogen-bond acceptors (Lipinski definition) is 2. The van der Waals surface area contributed by atoms with Crippen LogP contribution in [0, 0.1) is 5.82 Å². The maximum Gasteiger partial charge on any atom is 0.255 e. The summed E-state index contributed by atoms with van der Waals surface area (Å²) < 4.78 is 13.8. The fraction of sp³-hybridized carbons (Fsp3) is 0.333. The molecule has 0 aromatic heterocycles. The van der Waals surface area contributed by atoms with E-state index in [9.17, 15) is 14.0 Å². The molecule has 2 aromatic carbocycles. The summed E-state index contributed by atoms with van der Waals surface area (Å²) in [6.45, 7) is 5.95. The van der Waals surface area contributed by atoms with Gasteiger partial charge in [0.25, 0.3) is 5.91 Å². The Morgan fingerprint density at radius 1 is 1.19 bits per heavy atom. The second kappa shape index (κ2) is 7.31. The molecule has 0 bridgehead atoms. The van der Waals surface area contributed by atoms with Gasteiger partial charge < -0.3 is 10.2 Å². The van der Waals surface area contributed by atoms with Crippen LogP contribution in [0.3, 0.4) is 0 Å². The van der Waals surface area contributed by atoms with E-state index in [1.54, 1.807) is 12.1 Å². The number of carbonyl (C=O) groups excluding carboxylic acids is 2. The van der Waals surface area contributed by atoms with Gasteiger partial charge in [-0.05, 0) is 68.7 Å². The zero-order valence-corrected chi connectivity index (χ0v) is 16.3. The zero-order chi connectivity index (χ0) is 19.8. The van der Waals surface area contributed by atoms with Crippen molar-refractivity contribution in [2.24, 2.45) is 0 Å². The van der Waals surface area contributed by atoms with Gasteiger partial charge in [-0.2, -0.15) is 0 Å². The van der Waals surface area contributed by atoms with Crippen LogP contribution in [-0.4, -0.2) is 28.8 Å². The summed E-state index contributed by atoms with van der Waals surface area (Å²) in [6, 6.07) is 10.5. The topological polar surface area (TPSA) is 49.4 Å². The van der Waals surface area contributed by atoms with Crippen molar-refractivity contribution in [3.05, 3.63) is 70.0 Å². The molecule has 6 heteroatoms. The van der Waals surface area contributed by atoms with Crippen molar-refractivity contribution in [3.8, 4) is 0 Å². The van der Waals surface area contributed by atoms with Crippen LogP contribution in [0.5, 0.6) is 0 Å². The van der Waals surface area contributed by atoms with E-state index in [-0.39, 0.29) is 11.8 Å². The summed E-state index contributed by atoms with van der Waals surface area (Å²) in [6.07, 6.45) is 0.568. The largest absolute Gasteiger partial charge is 0.349 e. The molecule has 2 amide bonds. The first-order valence-electron chi connectivity index (χ1n) is 8.82. The molecule has 1 atom stereocenters. The highest BCUT2D eigenvalue weighted by atomic mass is 35.5. The predicted molar refractivity (Wildman–Crippen MR) is 103 cm³/mol. The molecule has 0 fully saturated rings. The third-order valence-electron chi connectivity index (χ3n) is 4.41. The SMILES string of the molecule is CC(C)(C)NC(=O)C1c2cc(F)ccc2C(=O)N1CCc1ccc(Cl)cc1. The first-order chi connectivity index (χ1) is 12.7. The fourth-order valence-corrected chi connectivity index (χ4v) is 3.37. The summed E-state index contributed by atoms with van der Waals surface area (Å²) in [5, 5.41) is 3.55. The van der Waals surface area contributed by atoms with Gasteiger partial charge in [0.2, 0.25) is 5.91 Å². The second-order valence-electron chi connectivity index (χ2n) is 7.75. The molecule has 27 heavy (non-hydrogen) atoms. The number of fused-ring (bicyclic) bond motifs is 1. The van der Waals surface area contributed by atoms with Gasteiger partial charge in [0.15, 0.2) is 0 Å². The third kappa shape index (κ3) is 4.30. The van der Waals surface area contributed by atoms with Gasteiger partial charge >= 0.3 is 0 Å². The molecule has 0 saturated carbocycles. The minimum Gasteiger partial charge on any atom is -0.349 e. The van der Waals surface area contributed by atoms with Gasteiger partial charge in [-0.25, -0.2) is 4.39 Å². The molecule has 2 aromatic rings. The average Bonchev–Trinajstić information content (AvgIpc) is 2.84. The van der Waals surface area contributed by atoms with Crippen LogP contribution in [0.15, 0.2) is 42.5 Å². The molecule has 142 valence electrons. The maximum atomic E-state index is 13.8. The predicted octanol–water partition coefficient (Wildman–Crippen LogP) is 4.13. The number of rotatable bonds is 4. The van der Waals surface area contributed by atoms with Crippen molar-refractivity contribution in [2.45, 2.75) is 38.8 Å². The van der Waals surface area contributed by atoms with E-state index in [4.69, 9.17) is 11.6 Å². The van der Waals surface area contributed by atoms with Crippen molar-refractivity contribution >= 4 is 23.4 Å². The molecule has 4 nitrogen and oxygen atoms in total. The van der Waals surface area contributed by atoms with E-state index in [0.29, 0.717) is 29.1 Å². The molecule has 0 aliphatic carbocycles. The standard InChI is InChI=1S/C21H22ClFN2O2/c1-21(2,3)24-19(26)18-17-12-15(23)8-9-16(17)20(27)25(18)11-10-13-4-6-14(22)7-5-13/h4-9,12,18H,10-11H2,1-3H3,(H,24,26). The number of carbonyl (C=O) groups is 2. The lowest BCUT2D eigenvalue weighted by atomic mass is 10.0. The maximum absolute atomic E-state index is 13.8. The lowest BCUT2D eigenvalue weighted by Gasteiger charge is -2.29. The number of amides is 2. The Hall–Kier alpha value is -2.40. The van der Waals surface area contributed by atoms with Gasteiger partial charge in [0.1, 0.15) is 11.9 Å². The molecular weight excluding hydrogens is 367 g/mol. The number of halogens is 2. The van der Waals surface area contributed by atoms with Crippen LogP contribution >= 0.6 is 11.6 Å². The van der Waals surface area contributed by atoms with Crippen molar-refractivity contribution in [1.29, 1.82) is 0 Å². The first-order valence-corrected chi connectivity index (χ1v) is 9.20. The summed E-state index contributed by atoms with van der Waals surface area (Å²) in [4.78, 5) is 27.3. The average molecular weight is 389 g/mol. The Morgan fingerprint density at radius 3 is 2.48 bits per heavy atom. The van der Waals surface area contributed by atoms with E-state index >= 15 is 0 Å². The van der Waals surface area contributed by atoms with Gasteiger partial charge in [0, 0.05) is 22.7 Å². The van der Waals surface area contributed by atoms with Crippen molar-refractivity contribution in [1.82, 2.24) is 10.2 Å². The van der Waals surface area contributed by atoms with Crippen molar-refractivity contribution in [2.75, 3.05) is 6.54 Å². The molecule has 0 radical (unpaired) electrons. The van der Waals surface area contributed by atoms with Crippen LogP contribution in [-0.2, 0) is 11.2 Å². The van der Waals surface area contributed by atoms with Crippen LogP contribution < -0.4 is 5.32 Å². The molecule has 3 rings (SSSR count). The molecule has 1 N–H and O–H groups in total. The Morgan fingerprint density at radius 2 is 1.85 bits per heavy atom. The highest BCUT2D eigenvalue weighted by Crippen LogP contribution is 2.35. The van der Waals surface area contributed by atoms with Gasteiger partial charge in [-0.3, -0.25) is 9.59 Å². The van der Waals surface area contributed by atoms with Gasteiger partial charge in [-0.1, -0.05) is 23.7 Å². The molecule has 1 aliphatic heterocycles. The first kappa shape index (κ1) is 19.4.